The monoisotopic (exact) mass is 316 g/mol. The lowest BCUT2D eigenvalue weighted by molar-refractivity contribution is -0.387. The summed E-state index contributed by atoms with van der Waals surface area (Å²) in [6.07, 6.45) is 3.32. The van der Waals surface area contributed by atoms with Crippen molar-refractivity contribution in [3.63, 3.8) is 0 Å². The summed E-state index contributed by atoms with van der Waals surface area (Å²) < 4.78 is 29.1. The minimum Gasteiger partial charge on any atom is -0.497 e. The summed E-state index contributed by atoms with van der Waals surface area (Å²) in [5.41, 5.74) is -0.558. The number of nitro groups is 1. The van der Waals surface area contributed by atoms with Crippen LogP contribution in [0.4, 0.5) is 5.69 Å². The van der Waals surface area contributed by atoms with Crippen molar-refractivity contribution < 1.29 is 22.9 Å². The zero-order valence-electron chi connectivity index (χ0n) is 11.4. The number of benzene rings is 1. The number of ether oxygens (including phenoxy) is 1. The van der Waals surface area contributed by atoms with Gasteiger partial charge in [-0.05, 0) is 25.0 Å². The smallest absolute Gasteiger partial charge is 0.293 e. The molecular formula is C12H16N2O6S. The van der Waals surface area contributed by atoms with Crippen LogP contribution in [0.15, 0.2) is 23.1 Å². The van der Waals surface area contributed by atoms with Gasteiger partial charge in [0.15, 0.2) is 4.90 Å². The summed E-state index contributed by atoms with van der Waals surface area (Å²) in [6, 6.07) is 3.53. The molecule has 0 heterocycles. The molecule has 116 valence electrons. The van der Waals surface area contributed by atoms with E-state index in [4.69, 9.17) is 9.57 Å². The topological polar surface area (TPSA) is 108 Å². The quantitative estimate of drug-likeness (QED) is 0.633. The summed E-state index contributed by atoms with van der Waals surface area (Å²) in [5.74, 6) is 0.206. The molecule has 1 aromatic carbocycles. The van der Waals surface area contributed by atoms with Crippen LogP contribution in [0.5, 0.6) is 5.75 Å². The molecule has 0 amide bonds. The van der Waals surface area contributed by atoms with E-state index in [1.165, 1.54) is 13.2 Å². The third kappa shape index (κ3) is 3.69. The Morgan fingerprint density at radius 2 is 2.00 bits per heavy atom. The molecule has 1 aliphatic carbocycles. The number of nitro benzene ring substituents is 1. The standard InChI is InChI=1S/C12H16N2O6S/c1-19-10-6-7-12(11(8-10)14(15)16)21(17,18)13-20-9-4-2-3-5-9/h6-9,13H,2-5H2,1H3. The summed E-state index contributed by atoms with van der Waals surface area (Å²) in [4.78, 5) is 16.9. The average Bonchev–Trinajstić information content (AvgIpc) is 2.98. The number of sulfonamides is 1. The van der Waals surface area contributed by atoms with Crippen molar-refractivity contribution in [1.82, 2.24) is 4.89 Å². The van der Waals surface area contributed by atoms with Gasteiger partial charge in [-0.25, -0.2) is 8.42 Å². The summed E-state index contributed by atoms with van der Waals surface area (Å²) in [7, 11) is -2.78. The average molecular weight is 316 g/mol. The Labute approximate surface area is 122 Å². The Morgan fingerprint density at radius 3 is 2.57 bits per heavy atom. The molecule has 1 fully saturated rings. The van der Waals surface area contributed by atoms with Crippen LogP contribution >= 0.6 is 0 Å². The highest BCUT2D eigenvalue weighted by molar-refractivity contribution is 7.89. The molecule has 1 aliphatic rings. The fourth-order valence-corrected chi connectivity index (χ4v) is 3.19. The third-order valence-electron chi connectivity index (χ3n) is 3.28. The zero-order valence-corrected chi connectivity index (χ0v) is 12.3. The molecule has 0 radical (unpaired) electrons. The lowest BCUT2D eigenvalue weighted by Gasteiger charge is -2.12. The van der Waals surface area contributed by atoms with E-state index in [1.807, 2.05) is 4.89 Å². The number of rotatable bonds is 6. The van der Waals surface area contributed by atoms with Crippen LogP contribution in [0, 0.1) is 10.1 Å². The molecule has 21 heavy (non-hydrogen) atoms. The molecule has 0 aromatic heterocycles. The molecular weight excluding hydrogens is 300 g/mol. The van der Waals surface area contributed by atoms with Crippen molar-refractivity contribution in [2.24, 2.45) is 0 Å². The SMILES string of the molecule is COc1ccc(S(=O)(=O)NOC2CCCC2)c([N+](=O)[O-])c1. The molecule has 0 atom stereocenters. The van der Waals surface area contributed by atoms with Gasteiger partial charge in [0.2, 0.25) is 0 Å². The molecule has 0 saturated heterocycles. The number of nitrogens with zero attached hydrogens (tertiary/aromatic N) is 1. The molecule has 0 bridgehead atoms. The maximum absolute atomic E-state index is 12.1. The minimum absolute atomic E-state index is 0.183. The second-order valence-electron chi connectivity index (χ2n) is 4.70. The number of hydrogen-bond donors (Lipinski definition) is 1. The minimum atomic E-state index is -4.12. The van der Waals surface area contributed by atoms with Gasteiger partial charge in [0.05, 0.1) is 24.2 Å². The van der Waals surface area contributed by atoms with Gasteiger partial charge in [-0.3, -0.25) is 15.0 Å². The fraction of sp³-hybridized carbons (Fsp3) is 0.500. The van der Waals surface area contributed by atoms with Gasteiger partial charge >= 0.3 is 0 Å². The molecule has 0 unspecified atom stereocenters. The highest BCUT2D eigenvalue weighted by Crippen LogP contribution is 2.28. The van der Waals surface area contributed by atoms with Crippen molar-refractivity contribution in [2.75, 3.05) is 7.11 Å². The highest BCUT2D eigenvalue weighted by Gasteiger charge is 2.28. The second-order valence-corrected chi connectivity index (χ2v) is 6.32. The molecule has 0 aliphatic heterocycles. The van der Waals surface area contributed by atoms with E-state index >= 15 is 0 Å². The summed E-state index contributed by atoms with van der Waals surface area (Å²) in [6.45, 7) is 0. The van der Waals surface area contributed by atoms with Gasteiger partial charge in [0.25, 0.3) is 15.7 Å². The number of methoxy groups -OCH3 is 1. The van der Waals surface area contributed by atoms with Gasteiger partial charge in [-0.2, -0.15) is 0 Å². The first-order chi connectivity index (χ1) is 9.94. The number of nitrogens with one attached hydrogen (secondary N) is 1. The van der Waals surface area contributed by atoms with Crippen LogP contribution < -0.4 is 9.62 Å². The number of hydrogen-bond acceptors (Lipinski definition) is 6. The van der Waals surface area contributed by atoms with Crippen LogP contribution in [0.3, 0.4) is 0 Å². The first-order valence-corrected chi connectivity index (χ1v) is 7.92. The van der Waals surface area contributed by atoms with E-state index in [-0.39, 0.29) is 11.9 Å². The molecule has 1 N–H and O–H groups in total. The van der Waals surface area contributed by atoms with Gasteiger partial charge in [0, 0.05) is 0 Å². The van der Waals surface area contributed by atoms with Crippen LogP contribution in [0.2, 0.25) is 0 Å². The molecule has 1 aromatic rings. The first kappa shape index (κ1) is 15.7. The predicted octanol–water partition coefficient (Wildman–Crippen LogP) is 1.76. The van der Waals surface area contributed by atoms with Gasteiger partial charge in [-0.1, -0.05) is 17.7 Å². The normalized spacial score (nSPS) is 16.0. The van der Waals surface area contributed by atoms with Crippen molar-refractivity contribution in [3.8, 4) is 5.75 Å². The van der Waals surface area contributed by atoms with Gasteiger partial charge in [0.1, 0.15) is 5.75 Å². The zero-order chi connectivity index (χ0) is 15.5. The van der Waals surface area contributed by atoms with E-state index in [0.29, 0.717) is 0 Å². The summed E-state index contributed by atoms with van der Waals surface area (Å²) >= 11 is 0. The Bertz CT molecular complexity index is 625. The lowest BCUT2D eigenvalue weighted by atomic mass is 10.3. The van der Waals surface area contributed by atoms with E-state index in [1.54, 1.807) is 0 Å². The third-order valence-corrected chi connectivity index (χ3v) is 4.52. The maximum atomic E-state index is 12.1. The van der Waals surface area contributed by atoms with Crippen molar-refractivity contribution in [1.29, 1.82) is 0 Å². The molecule has 8 nitrogen and oxygen atoms in total. The largest absolute Gasteiger partial charge is 0.497 e. The molecule has 2 rings (SSSR count). The van der Waals surface area contributed by atoms with E-state index in [9.17, 15) is 18.5 Å². The van der Waals surface area contributed by atoms with E-state index < -0.39 is 25.5 Å². The Kier molecular flexibility index (Phi) is 4.76. The fourth-order valence-electron chi connectivity index (χ4n) is 2.18. The van der Waals surface area contributed by atoms with Crippen LogP contribution in [0.1, 0.15) is 25.7 Å². The van der Waals surface area contributed by atoms with Crippen molar-refractivity contribution in [3.05, 3.63) is 28.3 Å². The Hall–Kier alpha value is -1.71. The highest BCUT2D eigenvalue weighted by atomic mass is 32.2. The van der Waals surface area contributed by atoms with Gasteiger partial charge in [-0.15, -0.1) is 0 Å². The van der Waals surface area contributed by atoms with E-state index in [0.717, 1.165) is 37.8 Å². The molecule has 0 spiro atoms. The molecule has 9 heteroatoms. The lowest BCUT2D eigenvalue weighted by Crippen LogP contribution is -2.29. The van der Waals surface area contributed by atoms with Crippen molar-refractivity contribution >= 4 is 15.7 Å². The molecule has 1 saturated carbocycles. The van der Waals surface area contributed by atoms with Crippen molar-refractivity contribution in [2.45, 2.75) is 36.7 Å². The summed E-state index contributed by atoms with van der Waals surface area (Å²) in [5, 5.41) is 11.0. The van der Waals surface area contributed by atoms with Crippen LogP contribution in [-0.4, -0.2) is 26.6 Å². The Morgan fingerprint density at radius 1 is 1.33 bits per heavy atom. The predicted molar refractivity (Wildman–Crippen MR) is 73.3 cm³/mol. The van der Waals surface area contributed by atoms with Crippen LogP contribution in [0.25, 0.3) is 0 Å². The van der Waals surface area contributed by atoms with Gasteiger partial charge < -0.3 is 4.74 Å². The van der Waals surface area contributed by atoms with Crippen LogP contribution in [-0.2, 0) is 14.9 Å². The first-order valence-electron chi connectivity index (χ1n) is 6.44. The maximum Gasteiger partial charge on any atom is 0.293 e. The Balaban J connectivity index is 2.23. The van der Waals surface area contributed by atoms with E-state index in [2.05, 4.69) is 0 Å². The second kappa shape index (κ2) is 6.37.